The molecule has 252 valence electrons. The van der Waals surface area contributed by atoms with Crippen molar-refractivity contribution >= 4 is 0 Å². The summed E-state index contributed by atoms with van der Waals surface area (Å²) in [7, 11) is 0. The Kier molecular flexibility index (Phi) is 7.81. The average molecular weight is 617 g/mol. The molecule has 8 fully saturated rings. The predicted molar refractivity (Wildman–Crippen MR) is 170 cm³/mol. The molecule has 8 saturated carbocycles. The molecule has 8 rings (SSSR count). The summed E-state index contributed by atoms with van der Waals surface area (Å²) in [6.07, 6.45) is 19.2. The van der Waals surface area contributed by atoms with Crippen LogP contribution >= 0.6 is 0 Å². The van der Waals surface area contributed by atoms with E-state index < -0.39 is 23.8 Å². The molecule has 8 aliphatic rings. The van der Waals surface area contributed by atoms with E-state index in [0.29, 0.717) is 47.3 Å². The van der Waals surface area contributed by atoms with Gasteiger partial charge in [-0.25, -0.2) is 0 Å². The van der Waals surface area contributed by atoms with E-state index in [1.165, 1.54) is 77.0 Å². The Bertz CT molecular complexity index is 1010. The molecular formula is C38H64O6. The molecular weight excluding hydrogens is 552 g/mol. The second-order valence-corrected chi connectivity index (χ2v) is 18.9. The van der Waals surface area contributed by atoms with Gasteiger partial charge in [0, 0.05) is 11.8 Å². The van der Waals surface area contributed by atoms with Crippen LogP contribution in [0.5, 0.6) is 0 Å². The second kappa shape index (κ2) is 10.6. The standard InChI is InChI=1S/2C19H32O3/c2*1-17-10-8-14-13(16(17)19(21,22)15(20)11-17)7-6-12-5-3-4-9-18(12,14)2/h2*12-16,20-22H,3-11H2,1-2H3/t2*12-,13-,14+,15?,16+,17-,18+/m11/s1. The van der Waals surface area contributed by atoms with Gasteiger partial charge in [-0.2, -0.15) is 0 Å². The molecule has 6 N–H and O–H groups in total. The van der Waals surface area contributed by atoms with Gasteiger partial charge in [-0.1, -0.05) is 53.4 Å². The van der Waals surface area contributed by atoms with Crippen molar-refractivity contribution in [2.24, 2.45) is 69.0 Å². The molecule has 0 spiro atoms. The minimum atomic E-state index is -1.88. The van der Waals surface area contributed by atoms with E-state index in [0.717, 1.165) is 37.5 Å². The zero-order valence-electron chi connectivity index (χ0n) is 28.2. The highest BCUT2D eigenvalue weighted by Gasteiger charge is 2.68. The SMILES string of the molecule is C[C@]12CC[C@H]3[C@@H](CC[C@H]4CCCC[C@@]43C)[C@@H]1C(O)(O)C(O)C2.C[C@]12CC[C@H]3[C@@H](CC[C@H]4CCCC[C@@]43C)[C@@H]1C(O)(O)C(O)C2. The fourth-order valence-corrected chi connectivity index (χ4v) is 14.9. The summed E-state index contributed by atoms with van der Waals surface area (Å²) in [5.41, 5.74) is 0.599. The Morgan fingerprint density at radius 3 is 1.23 bits per heavy atom. The molecule has 0 heterocycles. The molecule has 0 bridgehead atoms. The molecule has 14 atom stereocenters. The highest BCUT2D eigenvalue weighted by Crippen LogP contribution is 2.69. The molecule has 6 nitrogen and oxygen atoms in total. The lowest BCUT2D eigenvalue weighted by Crippen LogP contribution is -2.57. The predicted octanol–water partition coefficient (Wildman–Crippen LogP) is 6.14. The highest BCUT2D eigenvalue weighted by molar-refractivity contribution is 5.14. The van der Waals surface area contributed by atoms with Gasteiger partial charge in [-0.15, -0.1) is 0 Å². The molecule has 0 amide bonds. The third-order valence-electron chi connectivity index (χ3n) is 17.0. The van der Waals surface area contributed by atoms with Gasteiger partial charge in [-0.3, -0.25) is 0 Å². The first-order valence-corrected chi connectivity index (χ1v) is 18.8. The average Bonchev–Trinajstić information content (AvgIpc) is 3.27. The van der Waals surface area contributed by atoms with Crippen molar-refractivity contribution in [3.05, 3.63) is 0 Å². The summed E-state index contributed by atoms with van der Waals surface area (Å²) >= 11 is 0. The Hall–Kier alpha value is -0.240. The fraction of sp³-hybridized carbons (Fsp3) is 1.00. The lowest BCUT2D eigenvalue weighted by molar-refractivity contribution is -0.268. The molecule has 0 aliphatic heterocycles. The summed E-state index contributed by atoms with van der Waals surface area (Å²) in [4.78, 5) is 0. The first kappa shape index (κ1) is 32.3. The van der Waals surface area contributed by atoms with Crippen molar-refractivity contribution in [1.82, 2.24) is 0 Å². The van der Waals surface area contributed by atoms with Crippen LogP contribution in [0.15, 0.2) is 0 Å². The largest absolute Gasteiger partial charge is 0.387 e. The minimum Gasteiger partial charge on any atom is -0.387 e. The molecule has 8 aliphatic carbocycles. The lowest BCUT2D eigenvalue weighted by atomic mass is 9.45. The normalized spacial score (nSPS) is 56.9. The van der Waals surface area contributed by atoms with Crippen LogP contribution in [0, 0.1) is 69.0 Å². The third kappa shape index (κ3) is 4.53. The highest BCUT2D eigenvalue weighted by atomic mass is 16.5. The summed E-state index contributed by atoms with van der Waals surface area (Å²) in [6.45, 7) is 9.33. The van der Waals surface area contributed by atoms with Crippen molar-refractivity contribution in [2.45, 2.75) is 167 Å². The molecule has 2 unspecified atom stereocenters. The van der Waals surface area contributed by atoms with Crippen molar-refractivity contribution in [3.8, 4) is 0 Å². The van der Waals surface area contributed by atoms with E-state index in [9.17, 15) is 30.6 Å². The molecule has 0 aromatic rings. The lowest BCUT2D eigenvalue weighted by Gasteiger charge is -2.60. The summed E-state index contributed by atoms with van der Waals surface area (Å²) in [5.74, 6) is -0.374. The Morgan fingerprint density at radius 2 is 0.841 bits per heavy atom. The summed E-state index contributed by atoms with van der Waals surface area (Å²) in [6, 6.07) is 0. The van der Waals surface area contributed by atoms with E-state index in [1.807, 2.05) is 0 Å². The van der Waals surface area contributed by atoms with Crippen LogP contribution in [0.2, 0.25) is 0 Å². The van der Waals surface area contributed by atoms with E-state index in [-0.39, 0.29) is 22.7 Å². The van der Waals surface area contributed by atoms with Crippen LogP contribution < -0.4 is 0 Å². The summed E-state index contributed by atoms with van der Waals surface area (Å²) < 4.78 is 0. The third-order valence-corrected chi connectivity index (χ3v) is 17.0. The van der Waals surface area contributed by atoms with Crippen molar-refractivity contribution in [3.63, 3.8) is 0 Å². The second-order valence-electron chi connectivity index (χ2n) is 18.9. The fourth-order valence-electron chi connectivity index (χ4n) is 14.9. The van der Waals surface area contributed by atoms with Gasteiger partial charge in [0.25, 0.3) is 0 Å². The number of hydrogen-bond donors (Lipinski definition) is 6. The number of aliphatic hydroxyl groups is 6. The number of fused-ring (bicyclic) bond motifs is 10. The molecule has 0 aromatic carbocycles. The first-order valence-electron chi connectivity index (χ1n) is 18.8. The van der Waals surface area contributed by atoms with Gasteiger partial charge < -0.3 is 30.6 Å². The van der Waals surface area contributed by atoms with E-state index >= 15 is 0 Å². The van der Waals surface area contributed by atoms with Gasteiger partial charge >= 0.3 is 0 Å². The maximum atomic E-state index is 10.6. The van der Waals surface area contributed by atoms with Crippen molar-refractivity contribution in [1.29, 1.82) is 0 Å². The van der Waals surface area contributed by atoms with E-state index in [4.69, 9.17) is 0 Å². The molecule has 0 aromatic heterocycles. The quantitative estimate of drug-likeness (QED) is 0.182. The van der Waals surface area contributed by atoms with E-state index in [2.05, 4.69) is 27.7 Å². The molecule has 0 saturated heterocycles. The van der Waals surface area contributed by atoms with Crippen LogP contribution in [0.25, 0.3) is 0 Å². The van der Waals surface area contributed by atoms with Gasteiger partial charge in [0.1, 0.15) is 12.2 Å². The minimum absolute atomic E-state index is 0.0953. The Balaban J connectivity index is 0.000000142. The van der Waals surface area contributed by atoms with E-state index in [1.54, 1.807) is 0 Å². The van der Waals surface area contributed by atoms with Crippen molar-refractivity contribution < 1.29 is 30.6 Å². The van der Waals surface area contributed by atoms with Gasteiger partial charge in [-0.05, 0) is 147 Å². The number of hydrogen-bond acceptors (Lipinski definition) is 6. The van der Waals surface area contributed by atoms with Crippen LogP contribution in [-0.2, 0) is 0 Å². The van der Waals surface area contributed by atoms with Gasteiger partial charge in [0.2, 0.25) is 0 Å². The van der Waals surface area contributed by atoms with Crippen LogP contribution in [0.4, 0.5) is 0 Å². The Morgan fingerprint density at radius 1 is 0.455 bits per heavy atom. The maximum absolute atomic E-state index is 10.6. The molecule has 6 heteroatoms. The monoisotopic (exact) mass is 616 g/mol. The number of rotatable bonds is 0. The van der Waals surface area contributed by atoms with Crippen molar-refractivity contribution in [2.75, 3.05) is 0 Å². The maximum Gasteiger partial charge on any atom is 0.193 e. The van der Waals surface area contributed by atoms with Crippen LogP contribution in [-0.4, -0.2) is 54.4 Å². The topological polar surface area (TPSA) is 121 Å². The van der Waals surface area contributed by atoms with Gasteiger partial charge in [0.05, 0.1) is 0 Å². The zero-order chi connectivity index (χ0) is 31.5. The van der Waals surface area contributed by atoms with Crippen LogP contribution in [0.3, 0.4) is 0 Å². The first-order chi connectivity index (χ1) is 20.6. The molecule has 0 radical (unpaired) electrons. The van der Waals surface area contributed by atoms with Crippen LogP contribution in [0.1, 0.15) is 143 Å². The Labute approximate surface area is 266 Å². The smallest absolute Gasteiger partial charge is 0.193 e. The van der Waals surface area contributed by atoms with Gasteiger partial charge in [0.15, 0.2) is 11.6 Å². The number of aliphatic hydroxyl groups excluding tert-OH is 2. The summed E-state index contributed by atoms with van der Waals surface area (Å²) in [5, 5.41) is 63.1. The molecule has 44 heavy (non-hydrogen) atoms. The zero-order valence-corrected chi connectivity index (χ0v) is 28.2.